The van der Waals surface area contributed by atoms with E-state index in [2.05, 4.69) is 202 Å². The molecule has 0 N–H and O–H groups in total. The Morgan fingerprint density at radius 3 is 1.78 bits per heavy atom. The van der Waals surface area contributed by atoms with Crippen LogP contribution in [0, 0.1) is 0 Å². The summed E-state index contributed by atoms with van der Waals surface area (Å²) >= 11 is 1.86. The minimum Gasteiger partial charge on any atom is -0.228 e. The van der Waals surface area contributed by atoms with Crippen molar-refractivity contribution in [3.8, 4) is 78.4 Å². The maximum absolute atomic E-state index is 5.31. The second-order valence-electron chi connectivity index (χ2n) is 15.8. The van der Waals surface area contributed by atoms with Crippen molar-refractivity contribution in [3.63, 3.8) is 0 Å². The van der Waals surface area contributed by atoms with Crippen LogP contribution in [-0.4, -0.2) is 9.97 Å². The molecule has 58 heavy (non-hydrogen) atoms. The highest BCUT2D eigenvalue weighted by molar-refractivity contribution is 7.26. The average Bonchev–Trinajstić information content (AvgIpc) is 3.78. The predicted octanol–water partition coefficient (Wildman–Crippen LogP) is 15.2. The van der Waals surface area contributed by atoms with E-state index in [9.17, 15) is 0 Å². The predicted molar refractivity (Wildman–Crippen MR) is 245 cm³/mol. The Hall–Kier alpha value is -6.94. The molecule has 8 aromatic carbocycles. The van der Waals surface area contributed by atoms with Crippen LogP contribution in [0.1, 0.15) is 25.0 Å². The lowest BCUT2D eigenvalue weighted by Crippen LogP contribution is -2.14. The van der Waals surface area contributed by atoms with E-state index >= 15 is 0 Å². The Labute approximate surface area is 342 Å². The maximum Gasteiger partial charge on any atom is 0.160 e. The molecule has 274 valence electrons. The normalized spacial score (nSPS) is 12.8. The first-order valence-corrected chi connectivity index (χ1v) is 20.7. The van der Waals surface area contributed by atoms with E-state index in [1.165, 1.54) is 64.7 Å². The SMILES string of the molecule is CC1(C)c2ccccc2-c2cc(-c3cccc(-c4cc(-c5cc(-c6ccccc6)cc(-c6cccc7c6sc6ccccc67)c5)nc(-c5ccccc5)n4)c3)ccc21. The van der Waals surface area contributed by atoms with Crippen LogP contribution in [0.4, 0.5) is 0 Å². The molecule has 1 aliphatic carbocycles. The van der Waals surface area contributed by atoms with Crippen LogP contribution in [0.3, 0.4) is 0 Å². The van der Waals surface area contributed by atoms with Gasteiger partial charge in [-0.25, -0.2) is 9.97 Å². The standard InChI is InChI=1S/C55H38N2S/c1-55(2)48-25-11-9-21-44(48)47-33-38(27-28-49(47)55)37-19-13-20-39(29-37)50-34-51(57-54(56-50)36-17-7-4-8-18-36)42-31-40(35-15-5-3-6-16-35)30-41(32-42)43-23-14-24-46-45-22-10-12-26-52(45)58-53(43)46/h3-34H,1-2H3. The number of benzene rings is 8. The molecule has 3 heteroatoms. The van der Waals surface area contributed by atoms with E-state index in [4.69, 9.17) is 9.97 Å². The van der Waals surface area contributed by atoms with Crippen molar-refractivity contribution in [2.75, 3.05) is 0 Å². The lowest BCUT2D eigenvalue weighted by atomic mass is 9.82. The van der Waals surface area contributed by atoms with Gasteiger partial charge >= 0.3 is 0 Å². The van der Waals surface area contributed by atoms with E-state index in [0.717, 1.165) is 39.2 Å². The van der Waals surface area contributed by atoms with Crippen LogP contribution in [-0.2, 0) is 5.41 Å². The highest BCUT2D eigenvalue weighted by Crippen LogP contribution is 2.50. The highest BCUT2D eigenvalue weighted by Gasteiger charge is 2.35. The summed E-state index contributed by atoms with van der Waals surface area (Å²) in [6.07, 6.45) is 0. The van der Waals surface area contributed by atoms with Gasteiger partial charge < -0.3 is 0 Å². The summed E-state index contributed by atoms with van der Waals surface area (Å²) in [6.45, 7) is 4.66. The Bertz CT molecular complexity index is 3190. The second-order valence-corrected chi connectivity index (χ2v) is 16.8. The van der Waals surface area contributed by atoms with Crippen molar-refractivity contribution in [1.29, 1.82) is 0 Å². The van der Waals surface area contributed by atoms with Gasteiger partial charge in [0.1, 0.15) is 0 Å². The maximum atomic E-state index is 5.31. The highest BCUT2D eigenvalue weighted by atomic mass is 32.1. The molecule has 0 saturated carbocycles. The van der Waals surface area contributed by atoms with Crippen molar-refractivity contribution in [1.82, 2.24) is 9.97 Å². The number of nitrogens with zero attached hydrogens (tertiary/aromatic N) is 2. The fraction of sp³-hybridized carbons (Fsp3) is 0.0545. The molecule has 0 fully saturated rings. The molecule has 2 heterocycles. The summed E-state index contributed by atoms with van der Waals surface area (Å²) in [5.74, 6) is 0.702. The molecular formula is C55H38N2S. The molecule has 10 aromatic rings. The van der Waals surface area contributed by atoms with Crippen molar-refractivity contribution < 1.29 is 0 Å². The van der Waals surface area contributed by atoms with Crippen LogP contribution < -0.4 is 0 Å². The Kier molecular flexibility index (Phi) is 8.06. The summed E-state index contributed by atoms with van der Waals surface area (Å²) in [5.41, 5.74) is 17.3. The smallest absolute Gasteiger partial charge is 0.160 e. The summed E-state index contributed by atoms with van der Waals surface area (Å²) in [7, 11) is 0. The minimum atomic E-state index is -0.0282. The van der Waals surface area contributed by atoms with Gasteiger partial charge in [0.15, 0.2) is 5.82 Å². The van der Waals surface area contributed by atoms with Crippen LogP contribution in [0.5, 0.6) is 0 Å². The molecular weight excluding hydrogens is 721 g/mol. The third kappa shape index (κ3) is 5.78. The molecule has 2 aromatic heterocycles. The number of thiophene rings is 1. The van der Waals surface area contributed by atoms with Gasteiger partial charge in [-0.15, -0.1) is 11.3 Å². The zero-order valence-corrected chi connectivity index (χ0v) is 33.1. The van der Waals surface area contributed by atoms with Gasteiger partial charge in [0.25, 0.3) is 0 Å². The van der Waals surface area contributed by atoms with Gasteiger partial charge in [-0.3, -0.25) is 0 Å². The van der Waals surface area contributed by atoms with E-state index in [1.54, 1.807) is 0 Å². The van der Waals surface area contributed by atoms with Crippen molar-refractivity contribution in [2.24, 2.45) is 0 Å². The van der Waals surface area contributed by atoms with Crippen molar-refractivity contribution >= 4 is 31.5 Å². The largest absolute Gasteiger partial charge is 0.228 e. The first-order valence-electron chi connectivity index (χ1n) is 19.9. The quantitative estimate of drug-likeness (QED) is 0.169. The molecule has 0 bridgehead atoms. The third-order valence-corrected chi connectivity index (χ3v) is 13.1. The van der Waals surface area contributed by atoms with E-state index in [-0.39, 0.29) is 5.41 Å². The van der Waals surface area contributed by atoms with Crippen molar-refractivity contribution in [2.45, 2.75) is 19.3 Å². The topological polar surface area (TPSA) is 25.8 Å². The lowest BCUT2D eigenvalue weighted by molar-refractivity contribution is 0.660. The summed E-state index contributed by atoms with van der Waals surface area (Å²) in [4.78, 5) is 10.6. The summed E-state index contributed by atoms with van der Waals surface area (Å²) in [5, 5.41) is 2.59. The third-order valence-electron chi connectivity index (χ3n) is 11.9. The molecule has 0 spiro atoms. The Balaban J connectivity index is 1.08. The molecule has 2 nitrogen and oxygen atoms in total. The minimum absolute atomic E-state index is 0.0282. The number of hydrogen-bond donors (Lipinski definition) is 0. The summed E-state index contributed by atoms with van der Waals surface area (Å²) in [6, 6.07) is 70.1. The van der Waals surface area contributed by atoms with Gasteiger partial charge in [0.05, 0.1) is 11.4 Å². The van der Waals surface area contributed by atoms with Gasteiger partial charge in [-0.1, -0.05) is 166 Å². The molecule has 0 saturated heterocycles. The molecule has 1 aliphatic rings. The fourth-order valence-electron chi connectivity index (χ4n) is 8.92. The van der Waals surface area contributed by atoms with Crippen LogP contribution in [0.25, 0.3) is 98.6 Å². The van der Waals surface area contributed by atoms with E-state index in [1.807, 2.05) is 17.4 Å². The van der Waals surface area contributed by atoms with Crippen molar-refractivity contribution in [3.05, 3.63) is 205 Å². The Morgan fingerprint density at radius 1 is 0.362 bits per heavy atom. The van der Waals surface area contributed by atoms with Gasteiger partial charge in [-0.05, 0) is 98.1 Å². The van der Waals surface area contributed by atoms with Gasteiger partial charge in [0.2, 0.25) is 0 Å². The van der Waals surface area contributed by atoms with E-state index < -0.39 is 0 Å². The number of fused-ring (bicyclic) bond motifs is 6. The zero-order valence-electron chi connectivity index (χ0n) is 32.3. The van der Waals surface area contributed by atoms with Gasteiger partial charge in [-0.2, -0.15) is 0 Å². The van der Waals surface area contributed by atoms with Crippen LogP contribution >= 0.6 is 11.3 Å². The number of aromatic nitrogens is 2. The second kappa shape index (κ2) is 13.6. The molecule has 0 radical (unpaired) electrons. The summed E-state index contributed by atoms with van der Waals surface area (Å²) < 4.78 is 2.59. The number of hydrogen-bond acceptors (Lipinski definition) is 3. The fourth-order valence-corrected chi connectivity index (χ4v) is 10.2. The van der Waals surface area contributed by atoms with Crippen LogP contribution in [0.15, 0.2) is 194 Å². The number of rotatable bonds is 6. The molecule has 11 rings (SSSR count). The monoisotopic (exact) mass is 758 g/mol. The molecule has 0 amide bonds. The first-order chi connectivity index (χ1) is 28.5. The molecule has 0 aliphatic heterocycles. The molecule has 0 atom stereocenters. The first kappa shape index (κ1) is 34.3. The zero-order chi connectivity index (χ0) is 38.8. The van der Waals surface area contributed by atoms with E-state index in [0.29, 0.717) is 5.82 Å². The lowest BCUT2D eigenvalue weighted by Gasteiger charge is -2.21. The average molecular weight is 759 g/mol. The molecule has 0 unspecified atom stereocenters. The van der Waals surface area contributed by atoms with Gasteiger partial charge in [0, 0.05) is 42.3 Å². The Morgan fingerprint density at radius 2 is 0.931 bits per heavy atom. The van der Waals surface area contributed by atoms with Crippen LogP contribution in [0.2, 0.25) is 0 Å².